The van der Waals surface area contributed by atoms with Gasteiger partial charge in [0.2, 0.25) is 0 Å². The van der Waals surface area contributed by atoms with Crippen LogP contribution in [-0.2, 0) is 0 Å². The average Bonchev–Trinajstić information content (AvgIpc) is 1.84. The zero-order valence-electron chi connectivity index (χ0n) is 4.40. The molecule has 0 saturated carbocycles. The fourth-order valence-corrected chi connectivity index (χ4v) is 0.419. The summed E-state index contributed by atoms with van der Waals surface area (Å²) < 4.78 is 0. The largest absolute Gasteiger partial charge is 0.395 e. The summed E-state index contributed by atoms with van der Waals surface area (Å²) in [5.41, 5.74) is 0. The predicted molar refractivity (Wildman–Crippen MR) is 32.8 cm³/mol. The van der Waals surface area contributed by atoms with Crippen molar-refractivity contribution in [3.05, 3.63) is 10.1 Å². The molecule has 2 unspecified atom stereocenters. The van der Waals surface area contributed by atoms with Crippen molar-refractivity contribution in [2.75, 3.05) is 6.61 Å². The topological polar surface area (TPSA) is 83.6 Å². The molecule has 0 fully saturated rings. The highest BCUT2D eigenvalue weighted by Gasteiger charge is 2.24. The molecule has 0 aromatic heterocycles. The normalized spacial score (nSPS) is 16.8. The van der Waals surface area contributed by atoms with Gasteiger partial charge < -0.3 is 10.2 Å². The molecule has 0 radical (unpaired) electrons. The van der Waals surface area contributed by atoms with Crippen LogP contribution < -0.4 is 0 Å². The zero-order chi connectivity index (χ0) is 7.44. The minimum absolute atomic E-state index is 0.456. The van der Waals surface area contributed by atoms with Crippen LogP contribution in [0.3, 0.4) is 0 Å². The van der Waals surface area contributed by atoms with Crippen molar-refractivity contribution < 1.29 is 15.1 Å². The van der Waals surface area contributed by atoms with Gasteiger partial charge in [-0.25, -0.2) is 0 Å². The van der Waals surface area contributed by atoms with Gasteiger partial charge in [-0.05, 0) is 0 Å². The molecule has 0 spiro atoms. The third-order valence-corrected chi connectivity index (χ3v) is 1.48. The summed E-state index contributed by atoms with van der Waals surface area (Å²) in [5, 5.41) is 26.4. The molecule has 0 saturated heterocycles. The van der Waals surface area contributed by atoms with Crippen LogP contribution in [0.2, 0.25) is 0 Å². The number of rotatable bonds is 3. The van der Waals surface area contributed by atoms with Crippen molar-refractivity contribution in [1.29, 1.82) is 0 Å². The van der Waals surface area contributed by atoms with Crippen LogP contribution >= 0.6 is 15.9 Å². The van der Waals surface area contributed by atoms with E-state index in [2.05, 4.69) is 15.9 Å². The van der Waals surface area contributed by atoms with Crippen molar-refractivity contribution in [2.45, 2.75) is 11.1 Å². The average molecular weight is 200 g/mol. The molecular formula is C3H6BrNO4. The summed E-state index contributed by atoms with van der Waals surface area (Å²) in [6.07, 6.45) is -1.73. The second-order valence-electron chi connectivity index (χ2n) is 1.40. The number of halogens is 1. The number of aliphatic hydroxyl groups excluding tert-OH is 2. The van der Waals surface area contributed by atoms with E-state index in [9.17, 15) is 10.1 Å². The van der Waals surface area contributed by atoms with Gasteiger partial charge in [0.05, 0.1) is 11.5 Å². The minimum atomic E-state index is -1.73. The highest BCUT2D eigenvalue weighted by molar-refractivity contribution is 9.09. The third kappa shape index (κ3) is 2.73. The molecule has 0 aliphatic carbocycles. The SMILES string of the molecule is O=[N+]([O-])C(O)C(Br)CO. The van der Waals surface area contributed by atoms with Crippen molar-refractivity contribution >= 4 is 15.9 Å². The van der Waals surface area contributed by atoms with Crippen molar-refractivity contribution in [1.82, 2.24) is 0 Å². The molecule has 0 amide bonds. The second kappa shape index (κ2) is 3.76. The van der Waals surface area contributed by atoms with Crippen molar-refractivity contribution in [3.8, 4) is 0 Å². The summed E-state index contributed by atoms with van der Waals surface area (Å²) in [6.45, 7) is -0.456. The molecule has 0 aromatic carbocycles. The summed E-state index contributed by atoms with van der Waals surface area (Å²) in [6, 6.07) is 0. The predicted octanol–water partition coefficient (Wildman–Crippen LogP) is -0.663. The molecule has 0 rings (SSSR count). The summed E-state index contributed by atoms with van der Waals surface area (Å²) in [5.74, 6) is 0. The monoisotopic (exact) mass is 199 g/mol. The fourth-order valence-electron chi connectivity index (χ4n) is 0.226. The van der Waals surface area contributed by atoms with Crippen molar-refractivity contribution in [2.24, 2.45) is 0 Å². The maximum absolute atomic E-state index is 9.71. The van der Waals surface area contributed by atoms with Gasteiger partial charge in [0, 0.05) is 0 Å². The van der Waals surface area contributed by atoms with Crippen molar-refractivity contribution in [3.63, 3.8) is 0 Å². The van der Waals surface area contributed by atoms with Gasteiger partial charge >= 0.3 is 6.23 Å². The molecule has 2 atom stereocenters. The highest BCUT2D eigenvalue weighted by atomic mass is 79.9. The molecule has 54 valence electrons. The first-order valence-corrected chi connectivity index (χ1v) is 3.07. The zero-order valence-corrected chi connectivity index (χ0v) is 5.98. The Morgan fingerprint density at radius 2 is 2.22 bits per heavy atom. The Morgan fingerprint density at radius 3 is 2.33 bits per heavy atom. The summed E-state index contributed by atoms with van der Waals surface area (Å²) in [7, 11) is 0. The minimum Gasteiger partial charge on any atom is -0.395 e. The highest BCUT2D eigenvalue weighted by Crippen LogP contribution is 2.04. The first-order chi connectivity index (χ1) is 4.09. The molecule has 6 heteroatoms. The maximum Gasteiger partial charge on any atom is 0.327 e. The van der Waals surface area contributed by atoms with Gasteiger partial charge in [0.1, 0.15) is 4.83 Å². The lowest BCUT2D eigenvalue weighted by Gasteiger charge is -2.04. The van der Waals surface area contributed by atoms with Crippen LogP contribution in [0, 0.1) is 10.1 Å². The fraction of sp³-hybridized carbons (Fsp3) is 1.00. The van der Waals surface area contributed by atoms with Crippen LogP contribution in [0.15, 0.2) is 0 Å². The lowest BCUT2D eigenvalue weighted by molar-refractivity contribution is -0.569. The van der Waals surface area contributed by atoms with E-state index >= 15 is 0 Å². The van der Waals surface area contributed by atoms with Crippen LogP contribution in [0.25, 0.3) is 0 Å². The van der Waals surface area contributed by atoms with Gasteiger partial charge in [-0.15, -0.1) is 0 Å². The van der Waals surface area contributed by atoms with Gasteiger partial charge in [0.25, 0.3) is 0 Å². The first kappa shape index (κ1) is 8.80. The van der Waals surface area contributed by atoms with E-state index in [0.717, 1.165) is 0 Å². The Balaban J connectivity index is 3.72. The molecule has 5 nitrogen and oxygen atoms in total. The van der Waals surface area contributed by atoms with E-state index in [0.29, 0.717) is 0 Å². The van der Waals surface area contributed by atoms with Crippen LogP contribution in [0.5, 0.6) is 0 Å². The quantitative estimate of drug-likeness (QED) is 0.274. The Labute approximate surface area is 59.6 Å². The van der Waals surface area contributed by atoms with E-state index in [4.69, 9.17) is 10.2 Å². The number of aliphatic hydroxyl groups is 2. The standard InChI is InChI=1S/C3H6BrNO4/c4-2(1-6)3(7)5(8)9/h2-3,6-7H,1H2. The van der Waals surface area contributed by atoms with E-state index in [1.165, 1.54) is 0 Å². The lowest BCUT2D eigenvalue weighted by Crippen LogP contribution is -2.31. The molecule has 0 aliphatic heterocycles. The number of hydrogen-bond acceptors (Lipinski definition) is 4. The lowest BCUT2D eigenvalue weighted by atomic mass is 10.4. The van der Waals surface area contributed by atoms with Gasteiger partial charge in [-0.3, -0.25) is 10.1 Å². The molecule has 2 N–H and O–H groups in total. The van der Waals surface area contributed by atoms with E-state index < -0.39 is 22.6 Å². The van der Waals surface area contributed by atoms with E-state index in [1.807, 2.05) is 0 Å². The van der Waals surface area contributed by atoms with Crippen LogP contribution in [0.1, 0.15) is 0 Å². The number of nitrogens with zero attached hydrogens (tertiary/aromatic N) is 1. The molecule has 0 aromatic rings. The Morgan fingerprint density at radius 1 is 1.78 bits per heavy atom. The molecule has 0 aliphatic rings. The second-order valence-corrected chi connectivity index (χ2v) is 2.57. The molecular weight excluding hydrogens is 194 g/mol. The Kier molecular flexibility index (Phi) is 3.67. The molecule has 9 heavy (non-hydrogen) atoms. The summed E-state index contributed by atoms with van der Waals surface area (Å²) in [4.78, 5) is 7.95. The van der Waals surface area contributed by atoms with Gasteiger partial charge in [-0.2, -0.15) is 0 Å². The number of hydrogen-bond donors (Lipinski definition) is 2. The van der Waals surface area contributed by atoms with Gasteiger partial charge in [0.15, 0.2) is 0 Å². The Bertz CT molecular complexity index is 108. The smallest absolute Gasteiger partial charge is 0.327 e. The van der Waals surface area contributed by atoms with Gasteiger partial charge in [-0.1, -0.05) is 15.9 Å². The van der Waals surface area contributed by atoms with E-state index in [-0.39, 0.29) is 0 Å². The molecule has 0 heterocycles. The first-order valence-electron chi connectivity index (χ1n) is 2.16. The Hall–Kier alpha value is -0.200. The van der Waals surface area contributed by atoms with Crippen LogP contribution in [0.4, 0.5) is 0 Å². The molecule has 0 bridgehead atoms. The van der Waals surface area contributed by atoms with Crippen LogP contribution in [-0.4, -0.2) is 32.8 Å². The number of alkyl halides is 1. The third-order valence-electron chi connectivity index (χ3n) is 0.714. The maximum atomic E-state index is 9.71. The summed E-state index contributed by atoms with van der Waals surface area (Å²) >= 11 is 2.70. The van der Waals surface area contributed by atoms with E-state index in [1.54, 1.807) is 0 Å². The number of nitro groups is 1.